The maximum Gasteiger partial charge on any atom is 0.251 e. The molecule has 1 amide bonds. The van der Waals surface area contributed by atoms with E-state index in [-0.39, 0.29) is 11.5 Å². The molecule has 1 rings (SSSR count). The molecule has 0 radical (unpaired) electrons. The van der Waals surface area contributed by atoms with E-state index >= 15 is 0 Å². The number of H-pyrrole nitrogens is 1. The third-order valence-electron chi connectivity index (χ3n) is 1.65. The van der Waals surface area contributed by atoms with Crippen LogP contribution < -0.4 is 10.9 Å². The highest BCUT2D eigenvalue weighted by atomic mass is 16.2. The average molecular weight is 192 g/mol. The molecule has 14 heavy (non-hydrogen) atoms. The lowest BCUT2D eigenvalue weighted by Crippen LogP contribution is -2.25. The SMILES string of the molecule is C=CCNC(=O)c1cc(C)[nH]c(=O)c1. The van der Waals surface area contributed by atoms with E-state index in [9.17, 15) is 9.59 Å². The van der Waals surface area contributed by atoms with Crippen LogP contribution in [-0.2, 0) is 0 Å². The Labute approximate surface area is 81.7 Å². The minimum atomic E-state index is -0.270. The van der Waals surface area contributed by atoms with Crippen LogP contribution >= 0.6 is 0 Å². The molecule has 1 aromatic heterocycles. The van der Waals surface area contributed by atoms with Crippen LogP contribution in [0.1, 0.15) is 16.1 Å². The molecule has 0 saturated heterocycles. The molecule has 0 aliphatic carbocycles. The van der Waals surface area contributed by atoms with Crippen molar-refractivity contribution in [1.29, 1.82) is 0 Å². The van der Waals surface area contributed by atoms with Gasteiger partial charge in [0.15, 0.2) is 0 Å². The smallest absolute Gasteiger partial charge is 0.251 e. The first-order valence-corrected chi connectivity index (χ1v) is 4.23. The molecular formula is C10H12N2O2. The number of carbonyl (C=O) groups excluding carboxylic acids is 1. The third-order valence-corrected chi connectivity index (χ3v) is 1.65. The normalized spacial score (nSPS) is 9.50. The summed E-state index contributed by atoms with van der Waals surface area (Å²) >= 11 is 0. The van der Waals surface area contributed by atoms with Crippen molar-refractivity contribution in [2.24, 2.45) is 0 Å². The molecule has 1 heterocycles. The second-order valence-corrected chi connectivity index (χ2v) is 2.91. The molecule has 4 heteroatoms. The lowest BCUT2D eigenvalue weighted by molar-refractivity contribution is 0.0957. The second kappa shape index (κ2) is 4.41. The number of nitrogens with one attached hydrogen (secondary N) is 2. The van der Waals surface area contributed by atoms with Crippen molar-refractivity contribution in [1.82, 2.24) is 10.3 Å². The van der Waals surface area contributed by atoms with Gasteiger partial charge in [-0.2, -0.15) is 0 Å². The molecule has 0 aromatic carbocycles. The maximum atomic E-state index is 11.4. The molecule has 0 aliphatic rings. The van der Waals surface area contributed by atoms with Gasteiger partial charge in [0.1, 0.15) is 0 Å². The molecule has 0 atom stereocenters. The molecule has 0 spiro atoms. The molecule has 0 saturated carbocycles. The first-order chi connectivity index (χ1) is 6.63. The van der Waals surface area contributed by atoms with E-state index in [0.29, 0.717) is 17.8 Å². The third kappa shape index (κ3) is 2.58. The summed E-state index contributed by atoms with van der Waals surface area (Å²) < 4.78 is 0. The fourth-order valence-electron chi connectivity index (χ4n) is 1.08. The number of hydrogen-bond donors (Lipinski definition) is 2. The monoisotopic (exact) mass is 192 g/mol. The molecule has 4 nitrogen and oxygen atoms in total. The van der Waals surface area contributed by atoms with Crippen LogP contribution in [0.15, 0.2) is 29.6 Å². The van der Waals surface area contributed by atoms with E-state index in [1.54, 1.807) is 19.1 Å². The van der Waals surface area contributed by atoms with Crippen molar-refractivity contribution >= 4 is 5.91 Å². The Hall–Kier alpha value is -1.84. The molecule has 0 aliphatic heterocycles. The van der Waals surface area contributed by atoms with Gasteiger partial charge in [-0.3, -0.25) is 9.59 Å². The number of rotatable bonds is 3. The summed E-state index contributed by atoms with van der Waals surface area (Å²) in [5.41, 5.74) is 0.767. The topological polar surface area (TPSA) is 62.0 Å². The second-order valence-electron chi connectivity index (χ2n) is 2.91. The molecular weight excluding hydrogens is 180 g/mol. The Bertz CT molecular complexity index is 407. The number of aromatic amines is 1. The van der Waals surface area contributed by atoms with Gasteiger partial charge in [0.25, 0.3) is 5.91 Å². The van der Waals surface area contributed by atoms with Crippen LogP contribution in [0.2, 0.25) is 0 Å². The largest absolute Gasteiger partial charge is 0.349 e. The first-order valence-electron chi connectivity index (χ1n) is 4.23. The van der Waals surface area contributed by atoms with E-state index in [0.717, 1.165) is 0 Å². The van der Waals surface area contributed by atoms with Crippen molar-refractivity contribution in [2.75, 3.05) is 6.54 Å². The van der Waals surface area contributed by atoms with Gasteiger partial charge in [-0.1, -0.05) is 6.08 Å². The standard InChI is InChI=1S/C10H12N2O2/c1-3-4-11-10(14)8-5-7(2)12-9(13)6-8/h3,5-6H,1,4H2,2H3,(H,11,14)(H,12,13). The average Bonchev–Trinajstić information content (AvgIpc) is 2.12. The Kier molecular flexibility index (Phi) is 3.23. The Morgan fingerprint density at radius 3 is 2.93 bits per heavy atom. The van der Waals surface area contributed by atoms with Crippen molar-refractivity contribution in [3.63, 3.8) is 0 Å². The van der Waals surface area contributed by atoms with Gasteiger partial charge in [0.2, 0.25) is 5.56 Å². The van der Waals surface area contributed by atoms with Crippen molar-refractivity contribution in [3.05, 3.63) is 46.4 Å². The summed E-state index contributed by atoms with van der Waals surface area (Å²) in [6.45, 7) is 5.60. The van der Waals surface area contributed by atoms with Crippen LogP contribution in [0.4, 0.5) is 0 Å². The highest BCUT2D eigenvalue weighted by Gasteiger charge is 2.04. The molecule has 0 bridgehead atoms. The van der Waals surface area contributed by atoms with Gasteiger partial charge in [-0.25, -0.2) is 0 Å². The van der Waals surface area contributed by atoms with Gasteiger partial charge in [-0.15, -0.1) is 6.58 Å². The quantitative estimate of drug-likeness (QED) is 0.689. The predicted molar refractivity (Wildman–Crippen MR) is 54.3 cm³/mol. The van der Waals surface area contributed by atoms with E-state index in [1.807, 2.05) is 0 Å². The molecule has 74 valence electrons. The number of carbonyl (C=O) groups is 1. The number of pyridine rings is 1. The van der Waals surface area contributed by atoms with E-state index in [1.165, 1.54) is 6.07 Å². The van der Waals surface area contributed by atoms with Crippen LogP contribution in [0.3, 0.4) is 0 Å². The highest BCUT2D eigenvalue weighted by Crippen LogP contribution is 1.96. The number of aromatic nitrogens is 1. The van der Waals surface area contributed by atoms with Gasteiger partial charge >= 0.3 is 0 Å². The lowest BCUT2D eigenvalue weighted by Gasteiger charge is -2.02. The van der Waals surface area contributed by atoms with Gasteiger partial charge in [0.05, 0.1) is 0 Å². The first kappa shape index (κ1) is 10.2. The zero-order valence-electron chi connectivity index (χ0n) is 7.96. The fraction of sp³-hybridized carbons (Fsp3) is 0.200. The summed E-state index contributed by atoms with van der Waals surface area (Å²) in [5.74, 6) is -0.265. The van der Waals surface area contributed by atoms with Gasteiger partial charge < -0.3 is 10.3 Å². The number of hydrogen-bond acceptors (Lipinski definition) is 2. The molecule has 0 unspecified atom stereocenters. The summed E-state index contributed by atoms with van der Waals surface area (Å²) in [5, 5.41) is 2.59. The summed E-state index contributed by atoms with van der Waals surface area (Å²) in [6.07, 6.45) is 1.58. The van der Waals surface area contributed by atoms with Crippen molar-refractivity contribution < 1.29 is 4.79 Å². The van der Waals surface area contributed by atoms with Crippen molar-refractivity contribution in [3.8, 4) is 0 Å². The fourth-order valence-corrected chi connectivity index (χ4v) is 1.08. The molecule has 0 fully saturated rings. The maximum absolute atomic E-state index is 11.4. The Morgan fingerprint density at radius 2 is 2.36 bits per heavy atom. The minimum Gasteiger partial charge on any atom is -0.349 e. The summed E-state index contributed by atoms with van der Waals surface area (Å²) in [4.78, 5) is 25.0. The minimum absolute atomic E-state index is 0.265. The highest BCUT2D eigenvalue weighted by molar-refractivity contribution is 5.94. The van der Waals surface area contributed by atoms with Gasteiger partial charge in [0, 0.05) is 23.9 Å². The Balaban J connectivity index is 2.89. The predicted octanol–water partition coefficient (Wildman–Crippen LogP) is 0.599. The number of aryl methyl sites for hydroxylation is 1. The number of amides is 1. The lowest BCUT2D eigenvalue weighted by atomic mass is 10.2. The summed E-state index contributed by atoms with van der Waals surface area (Å²) in [6, 6.07) is 2.89. The van der Waals surface area contributed by atoms with Crippen LogP contribution in [0.25, 0.3) is 0 Å². The van der Waals surface area contributed by atoms with Crippen LogP contribution in [-0.4, -0.2) is 17.4 Å². The summed E-state index contributed by atoms with van der Waals surface area (Å²) in [7, 11) is 0. The zero-order valence-corrected chi connectivity index (χ0v) is 7.96. The van der Waals surface area contributed by atoms with Crippen LogP contribution in [0.5, 0.6) is 0 Å². The molecule has 2 N–H and O–H groups in total. The molecule has 1 aromatic rings. The Morgan fingerprint density at radius 1 is 1.64 bits per heavy atom. The van der Waals surface area contributed by atoms with Crippen molar-refractivity contribution in [2.45, 2.75) is 6.92 Å². The van der Waals surface area contributed by atoms with E-state index in [2.05, 4.69) is 16.9 Å². The van der Waals surface area contributed by atoms with Crippen LogP contribution in [0, 0.1) is 6.92 Å². The van der Waals surface area contributed by atoms with E-state index < -0.39 is 0 Å². The zero-order chi connectivity index (χ0) is 10.6. The van der Waals surface area contributed by atoms with Gasteiger partial charge in [-0.05, 0) is 13.0 Å². The van der Waals surface area contributed by atoms with E-state index in [4.69, 9.17) is 0 Å².